The molecule has 1 N–H and O–H groups in total. The van der Waals surface area contributed by atoms with E-state index in [0.717, 1.165) is 12.8 Å². The molecule has 4 heteroatoms. The van der Waals surface area contributed by atoms with Crippen molar-refractivity contribution < 1.29 is 13.5 Å². The summed E-state index contributed by atoms with van der Waals surface area (Å²) in [5.41, 5.74) is 0. The molecule has 1 aliphatic heterocycles. The average Bonchev–Trinajstić information content (AvgIpc) is 2.85. The van der Waals surface area contributed by atoms with E-state index in [1.807, 2.05) is 0 Å². The largest absolute Gasteiger partial charge is 0.393 e. The molecule has 0 aromatic carbocycles. The molecule has 0 aromatic rings. The van der Waals surface area contributed by atoms with Gasteiger partial charge in [-0.25, -0.2) is 8.42 Å². The summed E-state index contributed by atoms with van der Waals surface area (Å²) in [6.45, 7) is 0. The summed E-state index contributed by atoms with van der Waals surface area (Å²) in [6, 6.07) is 0. The second kappa shape index (κ2) is 3.24. The Hall–Kier alpha value is -0.0900. The topological polar surface area (TPSA) is 54.4 Å². The second-order valence-corrected chi connectivity index (χ2v) is 6.62. The third kappa shape index (κ3) is 2.23. The van der Waals surface area contributed by atoms with Crippen molar-refractivity contribution >= 4 is 9.84 Å². The van der Waals surface area contributed by atoms with Crippen LogP contribution in [0.4, 0.5) is 0 Å². The smallest absolute Gasteiger partial charge is 0.150 e. The number of aliphatic hydroxyl groups excluding tert-OH is 1. The summed E-state index contributed by atoms with van der Waals surface area (Å²) >= 11 is 0. The number of rotatable bonds is 2. The Morgan fingerprint density at radius 1 is 1.00 bits per heavy atom. The van der Waals surface area contributed by atoms with Crippen LogP contribution in [-0.4, -0.2) is 31.1 Å². The molecule has 1 atom stereocenters. The fourth-order valence-corrected chi connectivity index (χ4v) is 3.60. The maximum Gasteiger partial charge on any atom is 0.150 e. The maximum atomic E-state index is 11.1. The molecule has 1 unspecified atom stereocenters. The molecule has 1 heterocycles. The Labute approximate surface area is 79.1 Å². The zero-order valence-corrected chi connectivity index (χ0v) is 8.46. The van der Waals surface area contributed by atoms with Crippen LogP contribution in [0.5, 0.6) is 0 Å². The van der Waals surface area contributed by atoms with E-state index >= 15 is 0 Å². The first-order valence-electron chi connectivity index (χ1n) is 4.97. The molecule has 1 aliphatic carbocycles. The van der Waals surface area contributed by atoms with Gasteiger partial charge in [0.15, 0.2) is 0 Å². The number of hydrogen-bond acceptors (Lipinski definition) is 3. The Morgan fingerprint density at radius 2 is 1.46 bits per heavy atom. The van der Waals surface area contributed by atoms with E-state index in [4.69, 9.17) is 0 Å². The van der Waals surface area contributed by atoms with Gasteiger partial charge >= 0.3 is 0 Å². The van der Waals surface area contributed by atoms with Crippen LogP contribution in [0.3, 0.4) is 0 Å². The van der Waals surface area contributed by atoms with Crippen LogP contribution >= 0.6 is 0 Å². The molecule has 1 saturated carbocycles. The molecule has 2 rings (SSSR count). The van der Waals surface area contributed by atoms with Gasteiger partial charge in [0.2, 0.25) is 0 Å². The molecule has 76 valence electrons. The third-order valence-corrected chi connectivity index (χ3v) is 4.90. The van der Waals surface area contributed by atoms with Crippen molar-refractivity contribution in [2.45, 2.75) is 31.8 Å². The normalized spacial score (nSPS) is 31.5. The lowest BCUT2D eigenvalue weighted by atomic mass is 9.93. The van der Waals surface area contributed by atoms with Crippen LogP contribution in [0.1, 0.15) is 25.7 Å². The van der Waals surface area contributed by atoms with Crippen LogP contribution < -0.4 is 0 Å². The first-order chi connectivity index (χ1) is 6.08. The van der Waals surface area contributed by atoms with Gasteiger partial charge in [-0.3, -0.25) is 0 Å². The molecular weight excluding hydrogens is 188 g/mol. The van der Waals surface area contributed by atoms with Crippen molar-refractivity contribution in [3.63, 3.8) is 0 Å². The summed E-state index contributed by atoms with van der Waals surface area (Å²) in [5.74, 6) is 1.28. The Balaban J connectivity index is 1.90. The fraction of sp³-hybridized carbons (Fsp3) is 1.00. The van der Waals surface area contributed by atoms with Crippen molar-refractivity contribution in [1.29, 1.82) is 0 Å². The van der Waals surface area contributed by atoms with E-state index in [2.05, 4.69) is 0 Å². The lowest BCUT2D eigenvalue weighted by Crippen LogP contribution is -2.32. The van der Waals surface area contributed by atoms with Crippen LogP contribution in [0, 0.1) is 11.8 Å². The first kappa shape index (κ1) is 9.46. The van der Waals surface area contributed by atoms with E-state index in [1.54, 1.807) is 0 Å². The van der Waals surface area contributed by atoms with E-state index < -0.39 is 9.84 Å². The van der Waals surface area contributed by atoms with Crippen LogP contribution in [0.2, 0.25) is 0 Å². The van der Waals surface area contributed by atoms with Gasteiger partial charge in [0.1, 0.15) is 9.84 Å². The Morgan fingerprint density at radius 3 is 1.92 bits per heavy atom. The maximum absolute atomic E-state index is 11.1. The third-order valence-electron chi connectivity index (χ3n) is 3.19. The summed E-state index contributed by atoms with van der Waals surface area (Å²) in [5, 5.41) is 9.79. The second-order valence-electron chi connectivity index (χ2n) is 4.32. The Kier molecular flexibility index (Phi) is 2.36. The average molecular weight is 204 g/mol. The highest BCUT2D eigenvalue weighted by Crippen LogP contribution is 2.38. The number of sulfone groups is 1. The fourth-order valence-electron chi connectivity index (χ4n) is 2.07. The van der Waals surface area contributed by atoms with Gasteiger partial charge < -0.3 is 5.11 Å². The Bertz CT molecular complexity index is 265. The van der Waals surface area contributed by atoms with Gasteiger partial charge in [-0.1, -0.05) is 0 Å². The molecule has 2 aliphatic rings. The molecular formula is C9H16O3S. The van der Waals surface area contributed by atoms with Crippen molar-refractivity contribution in [3.8, 4) is 0 Å². The minimum absolute atomic E-state index is 0.226. The van der Waals surface area contributed by atoms with Crippen molar-refractivity contribution in [1.82, 2.24) is 0 Å². The molecule has 0 spiro atoms. The molecule has 1 saturated heterocycles. The van der Waals surface area contributed by atoms with Gasteiger partial charge in [0.25, 0.3) is 0 Å². The summed E-state index contributed by atoms with van der Waals surface area (Å²) in [4.78, 5) is 0. The number of hydrogen-bond donors (Lipinski definition) is 1. The van der Waals surface area contributed by atoms with Gasteiger partial charge in [-0.15, -0.1) is 0 Å². The van der Waals surface area contributed by atoms with Crippen LogP contribution in [0.15, 0.2) is 0 Å². The summed E-state index contributed by atoms with van der Waals surface area (Å²) < 4.78 is 22.2. The van der Waals surface area contributed by atoms with Gasteiger partial charge in [-0.05, 0) is 37.5 Å². The monoisotopic (exact) mass is 204 g/mol. The van der Waals surface area contributed by atoms with Crippen molar-refractivity contribution in [3.05, 3.63) is 0 Å². The highest BCUT2D eigenvalue weighted by molar-refractivity contribution is 7.91. The summed E-state index contributed by atoms with van der Waals surface area (Å²) in [6.07, 6.45) is 3.37. The zero-order chi connectivity index (χ0) is 9.47. The lowest BCUT2D eigenvalue weighted by molar-refractivity contribution is 0.0811. The van der Waals surface area contributed by atoms with Gasteiger partial charge in [0, 0.05) is 0 Å². The highest BCUT2D eigenvalue weighted by Gasteiger charge is 2.37. The SMILES string of the molecule is O=S1(=O)CCC(C(O)C2CC2)CC1. The molecule has 3 nitrogen and oxygen atoms in total. The first-order valence-corrected chi connectivity index (χ1v) is 6.79. The van der Waals surface area contributed by atoms with Crippen LogP contribution in [-0.2, 0) is 9.84 Å². The van der Waals surface area contributed by atoms with E-state index in [-0.39, 0.29) is 23.5 Å². The summed E-state index contributed by atoms with van der Waals surface area (Å²) in [7, 11) is -2.77. The lowest BCUT2D eigenvalue weighted by Gasteiger charge is -2.26. The van der Waals surface area contributed by atoms with Gasteiger partial charge in [0.05, 0.1) is 17.6 Å². The minimum Gasteiger partial charge on any atom is -0.393 e. The van der Waals surface area contributed by atoms with E-state index in [0.29, 0.717) is 18.8 Å². The molecule has 0 bridgehead atoms. The number of aliphatic hydroxyl groups is 1. The predicted octanol–water partition coefficient (Wildman–Crippen LogP) is 0.582. The predicted molar refractivity (Wildman–Crippen MR) is 50.1 cm³/mol. The molecule has 0 aromatic heterocycles. The molecule has 0 radical (unpaired) electrons. The quantitative estimate of drug-likeness (QED) is 0.716. The highest BCUT2D eigenvalue weighted by atomic mass is 32.2. The minimum atomic E-state index is -2.77. The molecule has 0 amide bonds. The van der Waals surface area contributed by atoms with Crippen molar-refractivity contribution in [2.75, 3.05) is 11.5 Å². The van der Waals surface area contributed by atoms with E-state index in [1.165, 1.54) is 0 Å². The van der Waals surface area contributed by atoms with Crippen molar-refractivity contribution in [2.24, 2.45) is 11.8 Å². The molecule has 2 fully saturated rings. The van der Waals surface area contributed by atoms with Crippen LogP contribution in [0.25, 0.3) is 0 Å². The van der Waals surface area contributed by atoms with E-state index in [9.17, 15) is 13.5 Å². The molecule has 13 heavy (non-hydrogen) atoms. The zero-order valence-electron chi connectivity index (χ0n) is 7.65. The standard InChI is InChI=1S/C9H16O3S/c10-9(7-1-2-7)8-3-5-13(11,12)6-4-8/h7-10H,1-6H2. The van der Waals surface area contributed by atoms with Gasteiger partial charge in [-0.2, -0.15) is 0 Å².